The fourth-order valence-electron chi connectivity index (χ4n) is 1.79. The summed E-state index contributed by atoms with van der Waals surface area (Å²) in [6, 6.07) is 13.7. The van der Waals surface area contributed by atoms with E-state index in [-0.39, 0.29) is 6.10 Å². The second-order valence-electron chi connectivity index (χ2n) is 4.25. The van der Waals surface area contributed by atoms with Gasteiger partial charge < -0.3 is 10.5 Å². The Morgan fingerprint density at radius 3 is 2.83 bits per heavy atom. The molecule has 3 nitrogen and oxygen atoms in total. The van der Waals surface area contributed by atoms with Crippen molar-refractivity contribution < 1.29 is 4.74 Å². The molecule has 2 rings (SSSR count). The zero-order chi connectivity index (χ0) is 12.8. The average Bonchev–Trinajstić information content (AvgIpc) is 2.40. The number of pyridine rings is 1. The van der Waals surface area contributed by atoms with E-state index in [1.165, 1.54) is 0 Å². The summed E-state index contributed by atoms with van der Waals surface area (Å²) < 4.78 is 5.79. The number of rotatable bonds is 5. The maximum Gasteiger partial charge on any atom is 0.0797 e. The third-order valence-electron chi connectivity index (χ3n) is 2.83. The lowest BCUT2D eigenvalue weighted by atomic mass is 10.1. The topological polar surface area (TPSA) is 48.1 Å². The Morgan fingerprint density at radius 1 is 1.22 bits per heavy atom. The van der Waals surface area contributed by atoms with E-state index in [1.807, 2.05) is 49.4 Å². The van der Waals surface area contributed by atoms with Crippen LogP contribution in [0.5, 0.6) is 0 Å². The van der Waals surface area contributed by atoms with E-state index in [0.29, 0.717) is 6.61 Å². The third-order valence-corrected chi connectivity index (χ3v) is 2.83. The number of benzene rings is 1. The van der Waals surface area contributed by atoms with Crippen molar-refractivity contribution >= 4 is 5.69 Å². The molecule has 94 valence electrons. The van der Waals surface area contributed by atoms with E-state index >= 15 is 0 Å². The number of nitrogen functional groups attached to an aromatic ring is 1. The number of nitrogens with two attached hydrogens (primary N) is 1. The fraction of sp³-hybridized carbons (Fsp3) is 0.267. The lowest BCUT2D eigenvalue weighted by Gasteiger charge is -2.13. The van der Waals surface area contributed by atoms with Crippen molar-refractivity contribution in [3.63, 3.8) is 0 Å². The van der Waals surface area contributed by atoms with Gasteiger partial charge in [0.1, 0.15) is 0 Å². The van der Waals surface area contributed by atoms with Crippen LogP contribution in [0, 0.1) is 0 Å². The predicted molar refractivity (Wildman–Crippen MR) is 73.2 cm³/mol. The van der Waals surface area contributed by atoms with Crippen molar-refractivity contribution in [1.82, 2.24) is 4.98 Å². The average molecular weight is 242 g/mol. The maximum atomic E-state index is 5.79. The summed E-state index contributed by atoms with van der Waals surface area (Å²) in [5.41, 5.74) is 8.68. The molecule has 1 unspecified atom stereocenters. The molecule has 1 heterocycles. The molecule has 18 heavy (non-hydrogen) atoms. The van der Waals surface area contributed by atoms with Crippen LogP contribution in [-0.4, -0.2) is 11.6 Å². The van der Waals surface area contributed by atoms with E-state index in [2.05, 4.69) is 4.98 Å². The van der Waals surface area contributed by atoms with Crippen LogP contribution in [-0.2, 0) is 11.2 Å². The Hall–Kier alpha value is -1.87. The molecule has 3 heteroatoms. The highest BCUT2D eigenvalue weighted by Gasteiger charge is 2.05. The van der Waals surface area contributed by atoms with Gasteiger partial charge in [0.15, 0.2) is 0 Å². The van der Waals surface area contributed by atoms with Crippen LogP contribution in [0.4, 0.5) is 5.69 Å². The highest BCUT2D eigenvalue weighted by molar-refractivity contribution is 5.41. The highest BCUT2D eigenvalue weighted by Crippen LogP contribution is 2.18. The van der Waals surface area contributed by atoms with Gasteiger partial charge in [0.25, 0.3) is 0 Å². The number of hydrogen-bond acceptors (Lipinski definition) is 3. The smallest absolute Gasteiger partial charge is 0.0797 e. The summed E-state index contributed by atoms with van der Waals surface area (Å²) in [7, 11) is 0. The van der Waals surface area contributed by atoms with Gasteiger partial charge in [-0.05, 0) is 36.8 Å². The Kier molecular flexibility index (Phi) is 4.31. The molecule has 1 aromatic heterocycles. The normalized spacial score (nSPS) is 12.3. The van der Waals surface area contributed by atoms with Crippen molar-refractivity contribution in [3.8, 4) is 0 Å². The molecule has 0 radical (unpaired) electrons. The number of aromatic nitrogens is 1. The molecule has 0 saturated carbocycles. The van der Waals surface area contributed by atoms with E-state index in [0.717, 1.165) is 23.4 Å². The van der Waals surface area contributed by atoms with E-state index in [1.54, 1.807) is 6.20 Å². The summed E-state index contributed by atoms with van der Waals surface area (Å²) in [5, 5.41) is 0. The van der Waals surface area contributed by atoms with Gasteiger partial charge in [-0.3, -0.25) is 4.98 Å². The van der Waals surface area contributed by atoms with Gasteiger partial charge in [0.2, 0.25) is 0 Å². The molecule has 0 saturated heterocycles. The quantitative estimate of drug-likeness (QED) is 0.820. The van der Waals surface area contributed by atoms with Gasteiger partial charge in [-0.2, -0.15) is 0 Å². The largest absolute Gasteiger partial charge is 0.399 e. The van der Waals surface area contributed by atoms with Gasteiger partial charge >= 0.3 is 0 Å². The second kappa shape index (κ2) is 6.17. The minimum atomic E-state index is 0.0530. The molecular formula is C15H18N2O. The minimum Gasteiger partial charge on any atom is -0.399 e. The highest BCUT2D eigenvalue weighted by atomic mass is 16.5. The van der Waals surface area contributed by atoms with E-state index in [4.69, 9.17) is 10.5 Å². The van der Waals surface area contributed by atoms with Gasteiger partial charge in [-0.25, -0.2) is 0 Å². The molecule has 0 aliphatic carbocycles. The summed E-state index contributed by atoms with van der Waals surface area (Å²) in [5.74, 6) is 0. The van der Waals surface area contributed by atoms with Crippen molar-refractivity contribution in [2.24, 2.45) is 0 Å². The first-order valence-electron chi connectivity index (χ1n) is 6.12. The molecular weight excluding hydrogens is 224 g/mol. The second-order valence-corrected chi connectivity index (χ2v) is 4.25. The molecule has 1 atom stereocenters. The minimum absolute atomic E-state index is 0.0530. The van der Waals surface area contributed by atoms with E-state index in [9.17, 15) is 0 Å². The molecule has 2 N–H and O–H groups in total. The number of ether oxygens (including phenoxy) is 1. The maximum absolute atomic E-state index is 5.79. The molecule has 0 fully saturated rings. The number of anilines is 1. The summed E-state index contributed by atoms with van der Waals surface area (Å²) >= 11 is 0. The van der Waals surface area contributed by atoms with Crippen molar-refractivity contribution in [2.75, 3.05) is 12.3 Å². The molecule has 0 spiro atoms. The number of nitrogens with zero attached hydrogens (tertiary/aromatic N) is 1. The standard InChI is InChI=1S/C15H18N2O/c1-12(13-5-4-6-14(16)11-13)18-10-8-15-7-2-3-9-17-15/h2-7,9,11-12H,8,10,16H2,1H3. The van der Waals surface area contributed by atoms with Crippen molar-refractivity contribution in [2.45, 2.75) is 19.4 Å². The zero-order valence-corrected chi connectivity index (χ0v) is 10.5. The predicted octanol–water partition coefficient (Wildman–Crippen LogP) is 2.98. The van der Waals surface area contributed by atoms with Gasteiger partial charge in [-0.1, -0.05) is 18.2 Å². The first-order valence-corrected chi connectivity index (χ1v) is 6.12. The first-order chi connectivity index (χ1) is 8.75. The summed E-state index contributed by atoms with van der Waals surface area (Å²) in [6.45, 7) is 2.69. The SMILES string of the molecule is CC(OCCc1ccccn1)c1cccc(N)c1. The molecule has 0 bridgehead atoms. The van der Waals surface area contributed by atoms with E-state index < -0.39 is 0 Å². The zero-order valence-electron chi connectivity index (χ0n) is 10.5. The molecule has 1 aromatic carbocycles. The third kappa shape index (κ3) is 3.57. The van der Waals surface area contributed by atoms with Crippen LogP contribution < -0.4 is 5.73 Å². The summed E-state index contributed by atoms with van der Waals surface area (Å²) in [6.07, 6.45) is 2.68. The van der Waals surface area contributed by atoms with Crippen LogP contribution in [0.25, 0.3) is 0 Å². The van der Waals surface area contributed by atoms with Crippen LogP contribution in [0.1, 0.15) is 24.3 Å². The van der Waals surface area contributed by atoms with Gasteiger partial charge in [0, 0.05) is 24.0 Å². The Labute approximate surface area is 108 Å². The van der Waals surface area contributed by atoms with Gasteiger partial charge in [0.05, 0.1) is 12.7 Å². The Balaban J connectivity index is 1.83. The molecule has 2 aromatic rings. The Bertz CT molecular complexity index is 485. The lowest BCUT2D eigenvalue weighted by Crippen LogP contribution is -2.05. The monoisotopic (exact) mass is 242 g/mol. The summed E-state index contributed by atoms with van der Waals surface area (Å²) in [4.78, 5) is 4.26. The number of hydrogen-bond donors (Lipinski definition) is 1. The van der Waals surface area contributed by atoms with Crippen molar-refractivity contribution in [1.29, 1.82) is 0 Å². The Morgan fingerprint density at radius 2 is 2.11 bits per heavy atom. The van der Waals surface area contributed by atoms with Crippen LogP contribution in [0.3, 0.4) is 0 Å². The molecule has 0 aliphatic rings. The van der Waals surface area contributed by atoms with Crippen LogP contribution in [0.15, 0.2) is 48.7 Å². The van der Waals surface area contributed by atoms with Crippen LogP contribution in [0.2, 0.25) is 0 Å². The molecule has 0 aliphatic heterocycles. The lowest BCUT2D eigenvalue weighted by molar-refractivity contribution is 0.0677. The van der Waals surface area contributed by atoms with Gasteiger partial charge in [-0.15, -0.1) is 0 Å². The first kappa shape index (κ1) is 12.6. The fourth-order valence-corrected chi connectivity index (χ4v) is 1.79. The van der Waals surface area contributed by atoms with Crippen LogP contribution >= 0.6 is 0 Å². The van der Waals surface area contributed by atoms with Crippen molar-refractivity contribution in [3.05, 3.63) is 59.9 Å². The molecule has 0 amide bonds.